The Morgan fingerprint density at radius 1 is 1.13 bits per heavy atom. The highest BCUT2D eigenvalue weighted by Crippen LogP contribution is 2.24. The minimum Gasteiger partial charge on any atom is -0.467 e. The Labute approximate surface area is 176 Å². The van der Waals surface area contributed by atoms with E-state index in [1.807, 2.05) is 0 Å². The topological polar surface area (TPSA) is 143 Å². The molecule has 0 spiro atoms. The summed E-state index contributed by atoms with van der Waals surface area (Å²) in [5.41, 5.74) is 0.211. The second kappa shape index (κ2) is 9.05. The maximum atomic E-state index is 12.7. The number of aromatic nitrogens is 2. The fourth-order valence-electron chi connectivity index (χ4n) is 2.25. The zero-order chi connectivity index (χ0) is 21.7. The van der Waals surface area contributed by atoms with Crippen LogP contribution in [0.1, 0.15) is 30.0 Å². The maximum absolute atomic E-state index is 12.7. The van der Waals surface area contributed by atoms with Crippen LogP contribution in [-0.4, -0.2) is 30.4 Å². The van der Waals surface area contributed by atoms with E-state index in [0.29, 0.717) is 17.1 Å². The monoisotopic (exact) mass is 449 g/mol. The molecule has 0 aliphatic heterocycles. The van der Waals surface area contributed by atoms with Crippen molar-refractivity contribution < 1.29 is 22.4 Å². The van der Waals surface area contributed by atoms with Gasteiger partial charge >= 0.3 is 0 Å². The highest BCUT2D eigenvalue weighted by atomic mass is 32.2. The highest BCUT2D eigenvalue weighted by molar-refractivity contribution is 7.94. The first-order valence-electron chi connectivity index (χ1n) is 8.83. The Hall–Kier alpha value is -3.25. The van der Waals surface area contributed by atoms with Gasteiger partial charge in [-0.2, -0.15) is 8.42 Å². The minimum atomic E-state index is -4.12. The summed E-state index contributed by atoms with van der Waals surface area (Å²) in [7, 11) is -4.12. The van der Waals surface area contributed by atoms with Gasteiger partial charge in [0.25, 0.3) is 20.3 Å². The number of sulfonamides is 1. The Bertz CT molecular complexity index is 1140. The number of amides is 2. The smallest absolute Gasteiger partial charge is 0.291 e. The maximum Gasteiger partial charge on any atom is 0.291 e. The lowest BCUT2D eigenvalue weighted by molar-refractivity contribution is -0.118. The zero-order valence-corrected chi connectivity index (χ0v) is 17.7. The second-order valence-corrected chi connectivity index (χ2v) is 9.26. The number of hydrogen-bond donors (Lipinski definition) is 3. The van der Waals surface area contributed by atoms with Crippen molar-refractivity contribution in [3.63, 3.8) is 0 Å². The van der Waals surface area contributed by atoms with Crippen molar-refractivity contribution in [3.8, 4) is 0 Å². The fraction of sp³-hybridized carbons (Fsp3) is 0.222. The van der Waals surface area contributed by atoms with Crippen LogP contribution in [0.4, 0.5) is 10.8 Å². The van der Waals surface area contributed by atoms with Crippen molar-refractivity contribution in [1.29, 1.82) is 0 Å². The molecule has 12 heteroatoms. The van der Waals surface area contributed by atoms with Gasteiger partial charge in [-0.3, -0.25) is 14.3 Å². The van der Waals surface area contributed by atoms with Gasteiger partial charge in [-0.25, -0.2) is 0 Å². The molecule has 0 aliphatic rings. The predicted octanol–water partition coefficient (Wildman–Crippen LogP) is 2.46. The number of rotatable bonds is 8. The van der Waals surface area contributed by atoms with Gasteiger partial charge in [-0.05, 0) is 24.3 Å². The molecule has 2 heterocycles. The van der Waals surface area contributed by atoms with Crippen LogP contribution in [0.15, 0.2) is 51.4 Å². The molecule has 3 rings (SSSR count). The van der Waals surface area contributed by atoms with Crippen molar-refractivity contribution in [3.05, 3.63) is 54.0 Å². The van der Waals surface area contributed by atoms with Gasteiger partial charge in [0.1, 0.15) is 5.76 Å². The average molecular weight is 450 g/mol. The molecule has 0 atom stereocenters. The summed E-state index contributed by atoms with van der Waals surface area (Å²) in [5, 5.41) is 12.6. The summed E-state index contributed by atoms with van der Waals surface area (Å²) in [6.45, 7) is 3.55. The molecule has 0 saturated carbocycles. The number of benzene rings is 1. The van der Waals surface area contributed by atoms with Crippen LogP contribution in [0.25, 0.3) is 0 Å². The van der Waals surface area contributed by atoms with E-state index in [4.69, 9.17) is 4.42 Å². The molecule has 2 aromatic heterocycles. The van der Waals surface area contributed by atoms with Crippen LogP contribution in [0.2, 0.25) is 0 Å². The molecule has 3 aromatic rings. The van der Waals surface area contributed by atoms with E-state index >= 15 is 0 Å². The molecule has 10 nitrogen and oxygen atoms in total. The molecule has 0 aliphatic carbocycles. The summed E-state index contributed by atoms with van der Waals surface area (Å²) in [5.74, 6) is -0.515. The van der Waals surface area contributed by atoms with E-state index in [-0.39, 0.29) is 39.1 Å². The number of nitrogens with one attached hydrogen (secondary N) is 3. The molecular formula is C18H19N5O5S2. The van der Waals surface area contributed by atoms with Crippen LogP contribution < -0.4 is 15.4 Å². The fourth-order valence-corrected chi connectivity index (χ4v) is 4.24. The quantitative estimate of drug-likeness (QED) is 0.448. The van der Waals surface area contributed by atoms with E-state index in [9.17, 15) is 18.0 Å². The van der Waals surface area contributed by atoms with E-state index in [1.165, 1.54) is 18.4 Å². The summed E-state index contributed by atoms with van der Waals surface area (Å²) in [4.78, 5) is 24.3. The van der Waals surface area contributed by atoms with Crippen molar-refractivity contribution in [1.82, 2.24) is 15.5 Å². The third-order valence-electron chi connectivity index (χ3n) is 3.81. The molecular weight excluding hydrogens is 430 g/mol. The Morgan fingerprint density at radius 2 is 1.90 bits per heavy atom. The van der Waals surface area contributed by atoms with Gasteiger partial charge in [0.05, 0.1) is 24.1 Å². The number of carbonyl (C=O) groups excluding carboxylic acids is 2. The summed E-state index contributed by atoms with van der Waals surface area (Å²) < 4.78 is 32.6. The van der Waals surface area contributed by atoms with E-state index in [1.54, 1.807) is 38.1 Å². The van der Waals surface area contributed by atoms with Crippen LogP contribution in [0.3, 0.4) is 0 Å². The first-order chi connectivity index (χ1) is 14.3. The third-order valence-corrected chi connectivity index (χ3v) is 6.38. The van der Waals surface area contributed by atoms with E-state index in [2.05, 4.69) is 25.6 Å². The van der Waals surface area contributed by atoms with Crippen LogP contribution in [0, 0.1) is 5.92 Å². The van der Waals surface area contributed by atoms with Gasteiger partial charge in [0.2, 0.25) is 11.0 Å². The number of furan rings is 1. The van der Waals surface area contributed by atoms with Gasteiger partial charge in [-0.15, -0.1) is 10.2 Å². The Balaban J connectivity index is 1.75. The van der Waals surface area contributed by atoms with Gasteiger partial charge in [0, 0.05) is 5.92 Å². The molecule has 1 aromatic carbocycles. The summed E-state index contributed by atoms with van der Waals surface area (Å²) in [6.07, 6.45) is 1.49. The van der Waals surface area contributed by atoms with Crippen molar-refractivity contribution >= 4 is 44.0 Å². The second-order valence-electron chi connectivity index (χ2n) is 6.43. The summed E-state index contributed by atoms with van der Waals surface area (Å²) >= 11 is 0.710. The molecule has 30 heavy (non-hydrogen) atoms. The first-order valence-corrected chi connectivity index (χ1v) is 11.1. The number of anilines is 2. The normalized spacial score (nSPS) is 11.3. The van der Waals surface area contributed by atoms with Gasteiger partial charge in [0.15, 0.2) is 0 Å². The number of para-hydroxylation sites is 1. The molecule has 158 valence electrons. The molecule has 3 N–H and O–H groups in total. The standard InChI is InChI=1S/C18H19N5O5S2/c1-11(2)15(24)20-17-21-22-18(29-17)30(26,27)23-14-8-4-3-7-13(14)16(25)19-10-12-6-5-9-28-12/h3-9,11,23H,10H2,1-2H3,(H,19,25)(H,20,21,24). The van der Waals surface area contributed by atoms with Gasteiger partial charge < -0.3 is 15.1 Å². The SMILES string of the molecule is CC(C)C(=O)Nc1nnc(S(=O)(=O)Nc2ccccc2C(=O)NCc2ccco2)s1. The molecule has 0 bridgehead atoms. The van der Waals surface area contributed by atoms with Crippen LogP contribution >= 0.6 is 11.3 Å². The van der Waals surface area contributed by atoms with Crippen LogP contribution in [-0.2, 0) is 21.4 Å². The number of nitrogens with zero attached hydrogens (tertiary/aromatic N) is 2. The van der Waals surface area contributed by atoms with Gasteiger partial charge in [-0.1, -0.05) is 37.3 Å². The van der Waals surface area contributed by atoms with Crippen molar-refractivity contribution in [2.45, 2.75) is 24.7 Å². The molecule has 0 radical (unpaired) electrons. The lowest BCUT2D eigenvalue weighted by atomic mass is 10.1. The predicted molar refractivity (Wildman–Crippen MR) is 111 cm³/mol. The molecule has 0 fully saturated rings. The molecule has 2 amide bonds. The van der Waals surface area contributed by atoms with Crippen molar-refractivity contribution in [2.75, 3.05) is 10.0 Å². The third kappa shape index (κ3) is 5.21. The lowest BCUT2D eigenvalue weighted by Crippen LogP contribution is -2.24. The number of carbonyl (C=O) groups is 2. The lowest BCUT2D eigenvalue weighted by Gasteiger charge is -2.11. The van der Waals surface area contributed by atoms with Crippen molar-refractivity contribution in [2.24, 2.45) is 5.92 Å². The molecule has 0 unspecified atom stereocenters. The highest BCUT2D eigenvalue weighted by Gasteiger charge is 2.23. The average Bonchev–Trinajstić information content (AvgIpc) is 3.38. The largest absolute Gasteiger partial charge is 0.467 e. The zero-order valence-electron chi connectivity index (χ0n) is 16.1. The minimum absolute atomic E-state index is 0.0681. The van der Waals surface area contributed by atoms with E-state index in [0.717, 1.165) is 0 Å². The van der Waals surface area contributed by atoms with E-state index < -0.39 is 15.9 Å². The number of hydrogen-bond acceptors (Lipinski definition) is 8. The Kier molecular flexibility index (Phi) is 6.47. The van der Waals surface area contributed by atoms with Crippen LogP contribution in [0.5, 0.6) is 0 Å². The molecule has 0 saturated heterocycles. The summed E-state index contributed by atoms with van der Waals surface area (Å²) in [6, 6.07) is 9.56. The Morgan fingerprint density at radius 3 is 2.60 bits per heavy atom. The first kappa shape index (κ1) is 21.5.